The van der Waals surface area contributed by atoms with E-state index < -0.39 is 255 Å². The van der Waals surface area contributed by atoms with Crippen molar-refractivity contribution >= 4 is 70.5 Å². The summed E-state index contributed by atoms with van der Waals surface area (Å²) in [6, 6.07) is 5.12. The van der Waals surface area contributed by atoms with Crippen LogP contribution in [0.15, 0.2) is 115 Å². The molecule has 0 saturated carbocycles. The number of nitrogens with zero attached hydrogens (tertiary/aromatic N) is 1. The Bertz CT molecular complexity index is 5080. The summed E-state index contributed by atoms with van der Waals surface area (Å²) in [5, 5.41) is 157. The highest BCUT2D eigenvalue weighted by atomic mass is 35.5. The highest BCUT2D eigenvalue weighted by Crippen LogP contribution is 2.50. The summed E-state index contributed by atoms with van der Waals surface area (Å²) in [4.78, 5) is 126. The van der Waals surface area contributed by atoms with Crippen LogP contribution in [-0.4, -0.2) is 226 Å². The summed E-state index contributed by atoms with van der Waals surface area (Å²) in [5.74, 6) is -16.3. The molecule has 0 spiro atoms. The van der Waals surface area contributed by atoms with Crippen LogP contribution in [0.1, 0.15) is 95.0 Å². The first-order chi connectivity index (χ1) is 55.9. The number of phenolic OH excluding ortho intramolecular Hbond substituents is 5. The van der Waals surface area contributed by atoms with Gasteiger partial charge < -0.3 is 148 Å². The average molecular weight is 1660 g/mol. The van der Waals surface area contributed by atoms with Crippen molar-refractivity contribution in [3.05, 3.63) is 164 Å². The minimum Gasteiger partial charge on any atom is -0.508 e. The van der Waals surface area contributed by atoms with Crippen LogP contribution in [0.3, 0.4) is 0 Å². The number of nitrogens with one attached hydrogen (secondary N) is 8. The molecule has 39 heteroatoms. The summed E-state index contributed by atoms with van der Waals surface area (Å²) in [6.07, 6.45) is -18.8. The van der Waals surface area contributed by atoms with E-state index in [4.69, 9.17) is 62.1 Å². The molecule has 7 aromatic rings. The molecular formula is C78H80Cl2N10O27. The van der Waals surface area contributed by atoms with Crippen molar-refractivity contribution in [3.8, 4) is 80.1 Å². The van der Waals surface area contributed by atoms with E-state index in [9.17, 15) is 70.9 Å². The molecule has 9 aliphatic rings. The Morgan fingerprint density at radius 2 is 1.15 bits per heavy atom. The maximum absolute atomic E-state index is 16.6. The van der Waals surface area contributed by atoms with Gasteiger partial charge in [0, 0.05) is 49.7 Å². The second-order valence-corrected chi connectivity index (χ2v) is 29.8. The highest BCUT2D eigenvalue weighted by Gasteiger charge is 2.51. The first kappa shape index (κ1) is 82.1. The van der Waals surface area contributed by atoms with Gasteiger partial charge in [-0.25, -0.2) is 0 Å². The molecular weight excluding hydrogens is 1580 g/mol. The second kappa shape index (κ2) is 34.0. The van der Waals surface area contributed by atoms with E-state index in [1.54, 1.807) is 0 Å². The van der Waals surface area contributed by atoms with Gasteiger partial charge in [0.15, 0.2) is 29.3 Å². The lowest BCUT2D eigenvalue weighted by Gasteiger charge is -2.44. The Hall–Kier alpha value is -11.4. The van der Waals surface area contributed by atoms with Crippen LogP contribution in [0.2, 0.25) is 10.0 Å². The molecule has 0 unspecified atom stereocenters. The Morgan fingerprint density at radius 1 is 0.556 bits per heavy atom. The van der Waals surface area contributed by atoms with E-state index in [2.05, 4.69) is 42.5 Å². The lowest BCUT2D eigenvalue weighted by atomic mass is 9.89. The summed E-state index contributed by atoms with van der Waals surface area (Å²) >= 11 is 14.3. The highest BCUT2D eigenvalue weighted by molar-refractivity contribution is 6.32. The van der Waals surface area contributed by atoms with Crippen LogP contribution in [0, 0.1) is 0 Å². The van der Waals surface area contributed by atoms with Crippen LogP contribution in [0.4, 0.5) is 0 Å². The number of hydrogen-bond donors (Lipinski definition) is 21. The standard InChI is InChI=1S/C78H80Cl2N10O27/c1-30(93)83-61-66(101)64(99)53(28-91)115-77(61)117-69-34-7-11-48(43(80)21-34)113-52-24-36-23-51(63(52)98)112-47-10-4-31(16-42(47)79)17-44-70(104)85-58(35-18-37(94)25-39(19-35)111-49-22-32(5-9-46(49)97)56(81)71(105)84-44)74(108)87-59(36)75(109)86-57-33-6-8-45(96)40(20-33)55-41(26-38(95)27-50(55)114-78-68(103)67(102)65(100)54(29-92)116-78)60(88-76(110)62(69)89-73(57)107)72(106)82-12-15-90-13-2-3-14-90/h4-11,16,18-27,44,53-54,56-62,64-69,77-78,91-92,94-103H,2-3,12-15,17,28-29,81H2,1H3,(H,82,106)(H,83,93)(H,84,105)(H,85,104)(H,86,109)(H,87,108)(H,88,110)(H,89,107)/t44-,53+,54-,56-,57-,58+,59-,60+,61+,62+,64-,65-,66-,67-,68+,69-,77+,78+/m1/s1. The molecule has 17 bridgehead atoms. The van der Waals surface area contributed by atoms with Crippen LogP contribution < -0.4 is 67.2 Å². The molecule has 0 aliphatic carbocycles. The molecule has 117 heavy (non-hydrogen) atoms. The lowest BCUT2D eigenvalue weighted by molar-refractivity contribution is -0.284. The van der Waals surface area contributed by atoms with Gasteiger partial charge in [0.2, 0.25) is 59.3 Å². The van der Waals surface area contributed by atoms with Crippen molar-refractivity contribution in [2.75, 3.05) is 39.4 Å². The van der Waals surface area contributed by atoms with Gasteiger partial charge in [-0.15, -0.1) is 0 Å². The molecule has 18 atom stereocenters. The number of halogens is 2. The molecule has 9 heterocycles. The summed E-state index contributed by atoms with van der Waals surface area (Å²) in [5.41, 5.74) is 3.95. The lowest BCUT2D eigenvalue weighted by Crippen LogP contribution is -2.65. The predicted molar refractivity (Wildman–Crippen MR) is 403 cm³/mol. The fourth-order valence-corrected chi connectivity index (χ4v) is 15.4. The molecule has 0 aromatic heterocycles. The number of ether oxygens (including phenoxy) is 7. The third kappa shape index (κ3) is 17.1. The third-order valence-electron chi connectivity index (χ3n) is 21.0. The predicted octanol–water partition coefficient (Wildman–Crippen LogP) is 0.553. The Morgan fingerprint density at radius 3 is 1.81 bits per heavy atom. The normalized spacial score (nSPS) is 28.0. The molecule has 8 amide bonds. The maximum atomic E-state index is 16.6. The number of benzene rings is 7. The maximum Gasteiger partial charge on any atom is 0.248 e. The number of phenols is 5. The molecule has 618 valence electrons. The van der Waals surface area contributed by atoms with Gasteiger partial charge in [0.25, 0.3) is 0 Å². The topological polar surface area (TPSA) is 569 Å². The monoisotopic (exact) mass is 1660 g/mol. The molecule has 9 aliphatic heterocycles. The number of likely N-dealkylation sites (tertiary alicyclic amines) is 1. The summed E-state index contributed by atoms with van der Waals surface area (Å²) < 4.78 is 43.8. The first-order valence-corrected chi connectivity index (χ1v) is 37.6. The number of carbonyl (C=O) groups is 8. The van der Waals surface area contributed by atoms with Crippen molar-refractivity contribution in [2.45, 2.75) is 136 Å². The number of amides is 8. The van der Waals surface area contributed by atoms with E-state index in [1.807, 2.05) is 4.90 Å². The van der Waals surface area contributed by atoms with Gasteiger partial charge in [0.1, 0.15) is 137 Å². The largest absolute Gasteiger partial charge is 0.508 e. The summed E-state index contributed by atoms with van der Waals surface area (Å²) in [6.45, 7) is 0.464. The zero-order valence-corrected chi connectivity index (χ0v) is 63.0. The molecule has 3 fully saturated rings. The molecule has 0 radical (unpaired) electrons. The van der Waals surface area contributed by atoms with Gasteiger partial charge >= 0.3 is 0 Å². The van der Waals surface area contributed by atoms with Gasteiger partial charge in [-0.05, 0) is 144 Å². The number of aromatic hydroxyl groups is 5. The number of aliphatic hydroxyl groups excluding tert-OH is 7. The van der Waals surface area contributed by atoms with Crippen LogP contribution >= 0.6 is 23.2 Å². The van der Waals surface area contributed by atoms with Gasteiger partial charge in [0.05, 0.1) is 23.3 Å². The zero-order valence-electron chi connectivity index (χ0n) is 61.5. The zero-order chi connectivity index (χ0) is 83.3. The third-order valence-corrected chi connectivity index (χ3v) is 21.6. The Kier molecular flexibility index (Phi) is 23.9. The fraction of sp³-hybridized carbons (Fsp3) is 0.359. The van der Waals surface area contributed by atoms with Crippen molar-refractivity contribution in [3.63, 3.8) is 0 Å². The number of nitrogens with two attached hydrogens (primary N) is 1. The quantitative estimate of drug-likeness (QED) is 0.0841. The van der Waals surface area contributed by atoms with Crippen LogP contribution in [-0.2, 0) is 59.0 Å². The van der Waals surface area contributed by atoms with Gasteiger partial charge in [-0.1, -0.05) is 47.5 Å². The Balaban J connectivity index is 1.00. The number of carbonyl (C=O) groups excluding carboxylic acids is 8. The molecule has 16 rings (SSSR count). The first-order valence-electron chi connectivity index (χ1n) is 36.9. The van der Waals surface area contributed by atoms with Crippen molar-refractivity contribution in [1.82, 2.24) is 47.4 Å². The summed E-state index contributed by atoms with van der Waals surface area (Å²) in [7, 11) is 0. The van der Waals surface area contributed by atoms with E-state index in [0.29, 0.717) is 13.1 Å². The van der Waals surface area contributed by atoms with E-state index in [1.165, 1.54) is 48.5 Å². The number of aliphatic hydroxyl groups is 7. The Labute approximate surface area is 673 Å². The molecule has 3 saturated heterocycles. The number of hydrogen-bond acceptors (Lipinski definition) is 29. The van der Waals surface area contributed by atoms with Gasteiger partial charge in [-0.2, -0.15) is 0 Å². The van der Waals surface area contributed by atoms with Crippen molar-refractivity contribution < 1.29 is 133 Å². The average Bonchev–Trinajstić information content (AvgIpc) is 1.44. The second-order valence-electron chi connectivity index (χ2n) is 28.9. The van der Waals surface area contributed by atoms with E-state index in [0.717, 1.165) is 86.5 Å². The number of fused-ring (bicyclic) bond motifs is 14. The fourth-order valence-electron chi connectivity index (χ4n) is 14.9. The smallest absolute Gasteiger partial charge is 0.248 e. The van der Waals surface area contributed by atoms with E-state index in [-0.39, 0.29) is 63.4 Å². The van der Waals surface area contributed by atoms with Gasteiger partial charge in [-0.3, -0.25) is 38.4 Å². The molecule has 22 N–H and O–H groups in total. The minimum absolute atomic E-state index is 0.0760. The van der Waals surface area contributed by atoms with Crippen LogP contribution in [0.5, 0.6) is 69.0 Å². The van der Waals surface area contributed by atoms with Crippen molar-refractivity contribution in [1.29, 1.82) is 0 Å². The van der Waals surface area contributed by atoms with E-state index >= 15 is 28.8 Å². The number of rotatable bonds is 11. The van der Waals surface area contributed by atoms with Crippen molar-refractivity contribution in [2.24, 2.45) is 5.73 Å². The molecule has 37 nitrogen and oxygen atoms in total. The van der Waals surface area contributed by atoms with Crippen LogP contribution in [0.25, 0.3) is 11.1 Å². The minimum atomic E-state index is -2.42. The molecule has 7 aromatic carbocycles. The SMILES string of the molecule is CC(=O)N[C@@H]1[C@H](O[C@@H]2c3ccc(c(Cl)c3)Oc3cc4cc(c3O)Oc3ccc(cc3Cl)C[C@H]3NC(=O)[C@H](N)c5ccc(O)c(c5)Oc5cc(O)cc(c5)[C@H](NC3=O)C(=O)N[C@H]4C(=O)N[C@H]3C(=O)N[C@@H]2C(=O)N[C@H](C(=O)NCCN2CCCC2)c2cc(O)cc(O[C@H]4O[C@H](CO)[C@@H](O)[C@@H](O)[C@@H]4O)c2-c2cc3ccc2O)O[C@@H](CO)[C@@H](O)[C@@H]1O.